The van der Waals surface area contributed by atoms with Gasteiger partial charge in [-0.3, -0.25) is 0 Å². The maximum Gasteiger partial charge on any atom is 0.0917 e. The van der Waals surface area contributed by atoms with E-state index in [-0.39, 0.29) is 6.10 Å². The summed E-state index contributed by atoms with van der Waals surface area (Å²) in [7, 11) is 0. The lowest BCUT2D eigenvalue weighted by Crippen LogP contribution is -2.29. The number of nitrogens with zero attached hydrogens (tertiary/aromatic N) is 1. The highest BCUT2D eigenvalue weighted by atomic mass is 16.3. The SMILES string of the molecule is OC(CN1CCCCCC1)c1ccc2ccccc2c1. The van der Waals surface area contributed by atoms with Crippen molar-refractivity contribution < 1.29 is 5.11 Å². The highest BCUT2D eigenvalue weighted by Gasteiger charge is 2.15. The molecule has 106 valence electrons. The first kappa shape index (κ1) is 13.6. The minimum Gasteiger partial charge on any atom is -0.387 e. The van der Waals surface area contributed by atoms with Crippen LogP contribution in [-0.4, -0.2) is 29.6 Å². The maximum absolute atomic E-state index is 10.5. The van der Waals surface area contributed by atoms with Crippen molar-refractivity contribution in [1.29, 1.82) is 0 Å². The molecule has 2 aromatic carbocycles. The number of benzene rings is 2. The van der Waals surface area contributed by atoms with Gasteiger partial charge >= 0.3 is 0 Å². The average Bonchev–Trinajstić information content (AvgIpc) is 2.75. The van der Waals surface area contributed by atoms with E-state index in [1.54, 1.807) is 0 Å². The Morgan fingerprint density at radius 2 is 1.60 bits per heavy atom. The first-order valence-electron chi connectivity index (χ1n) is 7.72. The van der Waals surface area contributed by atoms with Gasteiger partial charge in [0.1, 0.15) is 0 Å². The van der Waals surface area contributed by atoms with Gasteiger partial charge in [-0.25, -0.2) is 0 Å². The molecule has 1 fully saturated rings. The van der Waals surface area contributed by atoms with Gasteiger partial charge in [0.15, 0.2) is 0 Å². The molecular formula is C18H23NO. The van der Waals surface area contributed by atoms with Crippen LogP contribution >= 0.6 is 0 Å². The average molecular weight is 269 g/mol. The zero-order valence-electron chi connectivity index (χ0n) is 12.0. The summed E-state index contributed by atoms with van der Waals surface area (Å²) in [6.07, 6.45) is 4.83. The fourth-order valence-corrected chi connectivity index (χ4v) is 3.08. The molecule has 0 saturated carbocycles. The van der Waals surface area contributed by atoms with E-state index in [4.69, 9.17) is 0 Å². The Bertz CT molecular complexity index is 558. The lowest BCUT2D eigenvalue weighted by atomic mass is 10.0. The first-order valence-corrected chi connectivity index (χ1v) is 7.72. The number of likely N-dealkylation sites (tertiary alicyclic amines) is 1. The van der Waals surface area contributed by atoms with Crippen LogP contribution in [0, 0.1) is 0 Å². The molecule has 1 aliphatic rings. The van der Waals surface area contributed by atoms with Gasteiger partial charge < -0.3 is 10.0 Å². The van der Waals surface area contributed by atoms with Crippen LogP contribution in [0.1, 0.15) is 37.4 Å². The molecule has 1 saturated heterocycles. The highest BCUT2D eigenvalue weighted by molar-refractivity contribution is 5.83. The van der Waals surface area contributed by atoms with Gasteiger partial charge in [-0.1, -0.05) is 49.2 Å². The van der Waals surface area contributed by atoms with Crippen LogP contribution in [0.25, 0.3) is 10.8 Å². The quantitative estimate of drug-likeness (QED) is 0.917. The predicted molar refractivity (Wildman–Crippen MR) is 83.8 cm³/mol. The minimum atomic E-state index is -0.377. The Kier molecular flexibility index (Phi) is 4.34. The van der Waals surface area contributed by atoms with E-state index in [0.29, 0.717) is 0 Å². The Hall–Kier alpha value is -1.38. The second kappa shape index (κ2) is 6.38. The molecule has 1 atom stereocenters. The molecular weight excluding hydrogens is 246 g/mol. The summed E-state index contributed by atoms with van der Waals surface area (Å²) in [5, 5.41) is 12.9. The Balaban J connectivity index is 1.72. The van der Waals surface area contributed by atoms with Crippen LogP contribution in [0.4, 0.5) is 0 Å². The fraction of sp³-hybridized carbons (Fsp3) is 0.444. The smallest absolute Gasteiger partial charge is 0.0917 e. The van der Waals surface area contributed by atoms with Crippen LogP contribution in [0.2, 0.25) is 0 Å². The minimum absolute atomic E-state index is 0.377. The van der Waals surface area contributed by atoms with Gasteiger partial charge in [-0.05, 0) is 48.3 Å². The monoisotopic (exact) mass is 269 g/mol. The van der Waals surface area contributed by atoms with Gasteiger partial charge in [0.05, 0.1) is 6.10 Å². The van der Waals surface area contributed by atoms with Crippen molar-refractivity contribution in [2.24, 2.45) is 0 Å². The van der Waals surface area contributed by atoms with E-state index in [9.17, 15) is 5.11 Å². The number of fused-ring (bicyclic) bond motifs is 1. The molecule has 3 rings (SSSR count). The predicted octanol–water partition coefficient (Wildman–Crippen LogP) is 3.75. The van der Waals surface area contributed by atoms with Crippen molar-refractivity contribution in [3.8, 4) is 0 Å². The van der Waals surface area contributed by atoms with Gasteiger partial charge in [0.2, 0.25) is 0 Å². The lowest BCUT2D eigenvalue weighted by Gasteiger charge is -2.23. The highest BCUT2D eigenvalue weighted by Crippen LogP contribution is 2.22. The first-order chi connectivity index (χ1) is 9.83. The molecule has 0 aromatic heterocycles. The summed E-state index contributed by atoms with van der Waals surface area (Å²) >= 11 is 0. The third kappa shape index (κ3) is 3.20. The topological polar surface area (TPSA) is 23.5 Å². The molecule has 20 heavy (non-hydrogen) atoms. The number of hydrogen-bond donors (Lipinski definition) is 1. The summed E-state index contributed by atoms with van der Waals surface area (Å²) in [6.45, 7) is 3.02. The number of hydrogen-bond acceptors (Lipinski definition) is 2. The van der Waals surface area contributed by atoms with Crippen molar-refractivity contribution in [2.75, 3.05) is 19.6 Å². The Morgan fingerprint density at radius 3 is 2.35 bits per heavy atom. The molecule has 1 unspecified atom stereocenters. The maximum atomic E-state index is 10.5. The Morgan fingerprint density at radius 1 is 0.900 bits per heavy atom. The van der Waals surface area contributed by atoms with Gasteiger partial charge in [0, 0.05) is 6.54 Å². The number of rotatable bonds is 3. The molecule has 1 aliphatic heterocycles. The molecule has 2 aromatic rings. The van der Waals surface area contributed by atoms with Crippen molar-refractivity contribution in [3.05, 3.63) is 48.0 Å². The van der Waals surface area contributed by atoms with E-state index in [0.717, 1.165) is 25.2 Å². The van der Waals surface area contributed by atoms with Crippen LogP contribution in [0.3, 0.4) is 0 Å². The van der Waals surface area contributed by atoms with Crippen molar-refractivity contribution in [2.45, 2.75) is 31.8 Å². The summed E-state index contributed by atoms with van der Waals surface area (Å²) in [5.74, 6) is 0. The second-order valence-corrected chi connectivity index (χ2v) is 5.84. The number of β-amino-alcohol motifs (C(OH)–C–C–N with tert-alkyl or cyclic N) is 1. The molecule has 2 heteroatoms. The lowest BCUT2D eigenvalue weighted by molar-refractivity contribution is 0.115. The number of aliphatic hydroxyl groups is 1. The second-order valence-electron chi connectivity index (χ2n) is 5.84. The van der Waals surface area contributed by atoms with Gasteiger partial charge in [-0.2, -0.15) is 0 Å². The summed E-state index contributed by atoms with van der Waals surface area (Å²) in [4.78, 5) is 2.41. The fourth-order valence-electron chi connectivity index (χ4n) is 3.08. The molecule has 0 radical (unpaired) electrons. The number of aliphatic hydroxyl groups excluding tert-OH is 1. The van der Waals surface area contributed by atoms with E-state index in [2.05, 4.69) is 41.3 Å². The van der Waals surface area contributed by atoms with E-state index in [1.165, 1.54) is 36.5 Å². The van der Waals surface area contributed by atoms with E-state index < -0.39 is 0 Å². The molecule has 2 nitrogen and oxygen atoms in total. The van der Waals surface area contributed by atoms with Crippen LogP contribution in [-0.2, 0) is 0 Å². The van der Waals surface area contributed by atoms with Crippen LogP contribution < -0.4 is 0 Å². The summed E-state index contributed by atoms with van der Waals surface area (Å²) < 4.78 is 0. The zero-order chi connectivity index (χ0) is 13.8. The zero-order valence-corrected chi connectivity index (χ0v) is 12.0. The van der Waals surface area contributed by atoms with Crippen molar-refractivity contribution in [3.63, 3.8) is 0 Å². The molecule has 1 N–H and O–H groups in total. The molecule has 0 amide bonds. The third-order valence-corrected chi connectivity index (χ3v) is 4.29. The molecule has 1 heterocycles. The Labute approximate surface area is 121 Å². The largest absolute Gasteiger partial charge is 0.387 e. The summed E-state index contributed by atoms with van der Waals surface area (Å²) in [6, 6.07) is 14.6. The molecule has 0 aliphatic carbocycles. The standard InChI is InChI=1S/C18H23NO/c20-18(14-19-11-5-1-2-6-12-19)17-10-9-15-7-3-4-8-16(15)13-17/h3-4,7-10,13,18,20H,1-2,5-6,11-12,14H2. The molecule has 0 spiro atoms. The molecule has 0 bridgehead atoms. The van der Waals surface area contributed by atoms with Crippen LogP contribution in [0.5, 0.6) is 0 Å². The van der Waals surface area contributed by atoms with Crippen molar-refractivity contribution in [1.82, 2.24) is 4.90 Å². The normalized spacial score (nSPS) is 18.9. The van der Waals surface area contributed by atoms with Gasteiger partial charge in [-0.15, -0.1) is 0 Å². The van der Waals surface area contributed by atoms with Crippen molar-refractivity contribution >= 4 is 10.8 Å². The van der Waals surface area contributed by atoms with E-state index in [1.807, 2.05) is 6.07 Å². The van der Waals surface area contributed by atoms with E-state index >= 15 is 0 Å². The third-order valence-electron chi connectivity index (χ3n) is 4.29. The van der Waals surface area contributed by atoms with Crippen LogP contribution in [0.15, 0.2) is 42.5 Å². The van der Waals surface area contributed by atoms with Gasteiger partial charge in [0.25, 0.3) is 0 Å². The summed E-state index contributed by atoms with van der Waals surface area (Å²) in [5.41, 5.74) is 1.04.